The Labute approximate surface area is 120 Å². The Morgan fingerprint density at radius 3 is 2.60 bits per heavy atom. The molecule has 4 nitrogen and oxygen atoms in total. The van der Waals surface area contributed by atoms with Gasteiger partial charge >= 0.3 is 0 Å². The van der Waals surface area contributed by atoms with E-state index < -0.39 is 6.10 Å². The van der Waals surface area contributed by atoms with Crippen LogP contribution in [0, 0.1) is 5.92 Å². The summed E-state index contributed by atoms with van der Waals surface area (Å²) in [7, 11) is 0. The molecule has 1 aromatic carbocycles. The molecule has 1 atom stereocenters. The molecule has 0 aliphatic heterocycles. The number of carbonyl (C=O) groups is 1. The largest absolute Gasteiger partial charge is 0.387 e. The quantitative estimate of drug-likeness (QED) is 0.663. The molecule has 110 valence electrons. The van der Waals surface area contributed by atoms with Crippen molar-refractivity contribution < 1.29 is 9.90 Å². The first-order valence-corrected chi connectivity index (χ1v) is 7.49. The molecule has 0 spiro atoms. The van der Waals surface area contributed by atoms with Crippen molar-refractivity contribution in [1.29, 1.82) is 0 Å². The molecule has 0 aromatic heterocycles. The summed E-state index contributed by atoms with van der Waals surface area (Å²) in [5.41, 5.74) is 0.912. The Bertz CT molecular complexity index is 402. The third kappa shape index (κ3) is 4.62. The van der Waals surface area contributed by atoms with Gasteiger partial charge in [0, 0.05) is 25.6 Å². The highest BCUT2D eigenvalue weighted by Gasteiger charge is 2.21. The molecule has 2 rings (SSSR count). The maximum absolute atomic E-state index is 11.8. The van der Waals surface area contributed by atoms with Crippen LogP contribution in [0.5, 0.6) is 0 Å². The van der Waals surface area contributed by atoms with E-state index in [9.17, 15) is 9.90 Å². The summed E-state index contributed by atoms with van der Waals surface area (Å²) in [6.07, 6.45) is 3.93. The van der Waals surface area contributed by atoms with Crippen LogP contribution in [0.3, 0.4) is 0 Å². The highest BCUT2D eigenvalue weighted by molar-refractivity contribution is 5.78. The third-order valence-electron chi connectivity index (χ3n) is 3.85. The fraction of sp³-hybridized carbons (Fsp3) is 0.562. The average molecular weight is 276 g/mol. The Hall–Kier alpha value is -1.39. The predicted octanol–water partition coefficient (Wildman–Crippen LogP) is 1.62. The molecular weight excluding hydrogens is 252 g/mol. The van der Waals surface area contributed by atoms with Crippen LogP contribution in [0.4, 0.5) is 0 Å². The lowest BCUT2D eigenvalue weighted by Gasteiger charge is -2.13. The van der Waals surface area contributed by atoms with Crippen LogP contribution in [0.1, 0.15) is 37.4 Å². The zero-order chi connectivity index (χ0) is 14.2. The van der Waals surface area contributed by atoms with Gasteiger partial charge in [-0.2, -0.15) is 0 Å². The van der Waals surface area contributed by atoms with Gasteiger partial charge in [0.05, 0.1) is 6.10 Å². The zero-order valence-corrected chi connectivity index (χ0v) is 11.8. The van der Waals surface area contributed by atoms with Crippen LogP contribution in [0.15, 0.2) is 30.3 Å². The van der Waals surface area contributed by atoms with Crippen molar-refractivity contribution in [3.63, 3.8) is 0 Å². The molecule has 1 aliphatic carbocycles. The second kappa shape index (κ2) is 8.02. The lowest BCUT2D eigenvalue weighted by atomic mass is 10.1. The molecular formula is C16H24N2O2. The van der Waals surface area contributed by atoms with E-state index in [1.807, 2.05) is 30.3 Å². The lowest BCUT2D eigenvalue weighted by Crippen LogP contribution is -2.36. The van der Waals surface area contributed by atoms with Crippen molar-refractivity contribution >= 4 is 5.91 Å². The van der Waals surface area contributed by atoms with E-state index in [1.54, 1.807) is 0 Å². The molecule has 1 saturated carbocycles. The topological polar surface area (TPSA) is 61.4 Å². The zero-order valence-electron chi connectivity index (χ0n) is 11.8. The van der Waals surface area contributed by atoms with Gasteiger partial charge < -0.3 is 15.7 Å². The van der Waals surface area contributed by atoms with Crippen LogP contribution in [-0.2, 0) is 4.79 Å². The number of benzene rings is 1. The standard InChI is InChI=1S/C16H24N2O2/c19-15(13-6-2-1-3-7-13)12-17-10-11-18-16(20)14-8-4-5-9-14/h1-3,6-7,14-15,17,19H,4-5,8-12H2,(H,18,20). The molecule has 0 radical (unpaired) electrons. The van der Waals surface area contributed by atoms with Crippen molar-refractivity contribution in [3.05, 3.63) is 35.9 Å². The van der Waals surface area contributed by atoms with Gasteiger partial charge in [0.1, 0.15) is 0 Å². The number of nitrogens with one attached hydrogen (secondary N) is 2. The van der Waals surface area contributed by atoms with Crippen molar-refractivity contribution in [2.45, 2.75) is 31.8 Å². The van der Waals surface area contributed by atoms with Crippen LogP contribution >= 0.6 is 0 Å². The van der Waals surface area contributed by atoms with Gasteiger partial charge in [-0.1, -0.05) is 43.2 Å². The summed E-state index contributed by atoms with van der Waals surface area (Å²) in [5, 5.41) is 16.1. The first kappa shape index (κ1) is 15.0. The second-order valence-electron chi connectivity index (χ2n) is 5.40. The fourth-order valence-electron chi connectivity index (χ4n) is 2.64. The third-order valence-corrected chi connectivity index (χ3v) is 3.85. The first-order valence-electron chi connectivity index (χ1n) is 7.49. The molecule has 0 heterocycles. The minimum atomic E-state index is -0.498. The molecule has 1 aromatic rings. The van der Waals surface area contributed by atoms with E-state index in [-0.39, 0.29) is 11.8 Å². The Morgan fingerprint density at radius 1 is 1.20 bits per heavy atom. The molecule has 1 aliphatic rings. The SMILES string of the molecule is O=C(NCCNCC(O)c1ccccc1)C1CCCC1. The molecule has 3 N–H and O–H groups in total. The predicted molar refractivity (Wildman–Crippen MR) is 79.2 cm³/mol. The Balaban J connectivity index is 1.56. The summed E-state index contributed by atoms with van der Waals surface area (Å²) in [6.45, 7) is 1.81. The molecule has 0 saturated heterocycles. The van der Waals surface area contributed by atoms with Gasteiger partial charge in [-0.25, -0.2) is 0 Å². The van der Waals surface area contributed by atoms with E-state index in [0.717, 1.165) is 18.4 Å². The van der Waals surface area contributed by atoms with Crippen molar-refractivity contribution in [1.82, 2.24) is 10.6 Å². The van der Waals surface area contributed by atoms with Crippen molar-refractivity contribution in [2.75, 3.05) is 19.6 Å². The number of rotatable bonds is 7. The summed E-state index contributed by atoms with van der Waals surface area (Å²) >= 11 is 0. The van der Waals surface area contributed by atoms with Gasteiger partial charge in [-0.05, 0) is 18.4 Å². The molecule has 1 unspecified atom stereocenters. The van der Waals surface area contributed by atoms with Crippen LogP contribution in [-0.4, -0.2) is 30.6 Å². The van der Waals surface area contributed by atoms with E-state index in [0.29, 0.717) is 19.6 Å². The van der Waals surface area contributed by atoms with E-state index in [1.165, 1.54) is 12.8 Å². The molecule has 4 heteroatoms. The number of amides is 1. The van der Waals surface area contributed by atoms with Gasteiger partial charge in [-0.15, -0.1) is 0 Å². The summed E-state index contributed by atoms with van der Waals surface area (Å²) in [4.78, 5) is 11.8. The van der Waals surface area contributed by atoms with Crippen molar-refractivity contribution in [3.8, 4) is 0 Å². The molecule has 1 fully saturated rings. The number of aliphatic hydroxyl groups is 1. The maximum Gasteiger partial charge on any atom is 0.223 e. The number of aliphatic hydroxyl groups excluding tert-OH is 1. The molecule has 1 amide bonds. The second-order valence-corrected chi connectivity index (χ2v) is 5.40. The smallest absolute Gasteiger partial charge is 0.223 e. The summed E-state index contributed by atoms with van der Waals surface area (Å²) in [6, 6.07) is 9.59. The first-order chi connectivity index (χ1) is 9.77. The van der Waals surface area contributed by atoms with Gasteiger partial charge in [-0.3, -0.25) is 4.79 Å². The number of hydrogen-bond acceptors (Lipinski definition) is 3. The number of carbonyl (C=O) groups excluding carboxylic acids is 1. The minimum absolute atomic E-state index is 0.188. The van der Waals surface area contributed by atoms with Gasteiger partial charge in [0.15, 0.2) is 0 Å². The van der Waals surface area contributed by atoms with Crippen molar-refractivity contribution in [2.24, 2.45) is 5.92 Å². The minimum Gasteiger partial charge on any atom is -0.387 e. The Kier molecular flexibility index (Phi) is 6.02. The molecule has 20 heavy (non-hydrogen) atoms. The average Bonchev–Trinajstić information content (AvgIpc) is 3.01. The highest BCUT2D eigenvalue weighted by Crippen LogP contribution is 2.24. The number of hydrogen-bond donors (Lipinski definition) is 3. The Morgan fingerprint density at radius 2 is 1.90 bits per heavy atom. The summed E-state index contributed by atoms with van der Waals surface area (Å²) in [5.74, 6) is 0.415. The van der Waals surface area contributed by atoms with E-state index in [4.69, 9.17) is 0 Å². The molecule has 0 bridgehead atoms. The van der Waals surface area contributed by atoms with Gasteiger partial charge in [0.2, 0.25) is 5.91 Å². The lowest BCUT2D eigenvalue weighted by molar-refractivity contribution is -0.124. The van der Waals surface area contributed by atoms with E-state index >= 15 is 0 Å². The fourth-order valence-corrected chi connectivity index (χ4v) is 2.64. The van der Waals surface area contributed by atoms with E-state index in [2.05, 4.69) is 10.6 Å². The van der Waals surface area contributed by atoms with Gasteiger partial charge in [0.25, 0.3) is 0 Å². The normalized spacial score (nSPS) is 17.1. The van der Waals surface area contributed by atoms with Crippen LogP contribution < -0.4 is 10.6 Å². The highest BCUT2D eigenvalue weighted by atomic mass is 16.3. The summed E-state index contributed by atoms with van der Waals surface area (Å²) < 4.78 is 0. The van der Waals surface area contributed by atoms with Crippen LogP contribution in [0.2, 0.25) is 0 Å². The maximum atomic E-state index is 11.8. The van der Waals surface area contributed by atoms with Crippen LogP contribution in [0.25, 0.3) is 0 Å². The monoisotopic (exact) mass is 276 g/mol.